The van der Waals surface area contributed by atoms with Crippen LogP contribution in [0.2, 0.25) is 5.02 Å². The number of hydrogen-bond donors (Lipinski definition) is 2. The standard InChI is InChI=1S/C14H12ClF2N3O/c1-7-3-8(4-12(18-2)19-7)14(21)20-13-10(15)5-9(16)6-11(13)17/h3-6H,1-2H3,(H,18,19)(H,20,21). The van der Waals surface area contributed by atoms with Crippen LogP contribution < -0.4 is 10.6 Å². The third-order valence-electron chi connectivity index (χ3n) is 2.72. The lowest BCUT2D eigenvalue weighted by Gasteiger charge is -2.10. The molecule has 0 aliphatic rings. The number of hydrogen-bond acceptors (Lipinski definition) is 3. The molecule has 1 aromatic carbocycles. The van der Waals surface area contributed by atoms with E-state index in [0.717, 1.165) is 6.07 Å². The summed E-state index contributed by atoms with van der Waals surface area (Å²) in [4.78, 5) is 16.3. The number of aryl methyl sites for hydroxylation is 1. The van der Waals surface area contributed by atoms with Gasteiger partial charge in [-0.25, -0.2) is 13.8 Å². The minimum Gasteiger partial charge on any atom is -0.373 e. The molecular formula is C14H12ClF2N3O. The summed E-state index contributed by atoms with van der Waals surface area (Å²) in [6.45, 7) is 1.73. The number of nitrogens with one attached hydrogen (secondary N) is 2. The van der Waals surface area contributed by atoms with Gasteiger partial charge in [-0.15, -0.1) is 0 Å². The number of aromatic nitrogens is 1. The molecule has 4 nitrogen and oxygen atoms in total. The Hall–Kier alpha value is -2.21. The predicted molar refractivity (Wildman–Crippen MR) is 77.8 cm³/mol. The van der Waals surface area contributed by atoms with Crippen LogP contribution in [0.3, 0.4) is 0 Å². The second-order valence-corrected chi connectivity index (χ2v) is 4.74. The van der Waals surface area contributed by atoms with Crippen molar-refractivity contribution in [2.45, 2.75) is 6.92 Å². The lowest BCUT2D eigenvalue weighted by atomic mass is 10.2. The second-order valence-electron chi connectivity index (χ2n) is 4.33. The normalized spacial score (nSPS) is 10.3. The Balaban J connectivity index is 2.32. The highest BCUT2D eigenvalue weighted by molar-refractivity contribution is 6.34. The number of rotatable bonds is 3. The van der Waals surface area contributed by atoms with Crippen molar-refractivity contribution in [2.24, 2.45) is 0 Å². The van der Waals surface area contributed by atoms with Gasteiger partial charge in [-0.2, -0.15) is 0 Å². The highest BCUT2D eigenvalue weighted by Crippen LogP contribution is 2.27. The van der Waals surface area contributed by atoms with Gasteiger partial charge in [0.25, 0.3) is 5.91 Å². The zero-order valence-electron chi connectivity index (χ0n) is 11.3. The Morgan fingerprint density at radius 1 is 1.24 bits per heavy atom. The number of carbonyl (C=O) groups excluding carboxylic acids is 1. The van der Waals surface area contributed by atoms with E-state index in [-0.39, 0.29) is 16.3 Å². The van der Waals surface area contributed by atoms with E-state index in [1.165, 1.54) is 6.07 Å². The largest absolute Gasteiger partial charge is 0.373 e. The van der Waals surface area contributed by atoms with Crippen LogP contribution in [0.4, 0.5) is 20.3 Å². The van der Waals surface area contributed by atoms with Crippen LogP contribution >= 0.6 is 11.6 Å². The van der Waals surface area contributed by atoms with Crippen molar-refractivity contribution >= 4 is 29.0 Å². The van der Waals surface area contributed by atoms with Crippen molar-refractivity contribution in [3.05, 3.63) is 52.2 Å². The monoisotopic (exact) mass is 311 g/mol. The molecule has 0 saturated heterocycles. The van der Waals surface area contributed by atoms with E-state index in [2.05, 4.69) is 15.6 Å². The summed E-state index contributed by atoms with van der Waals surface area (Å²) in [5.41, 5.74) is 0.646. The van der Waals surface area contributed by atoms with Gasteiger partial charge in [0.15, 0.2) is 5.82 Å². The van der Waals surface area contributed by atoms with E-state index in [1.54, 1.807) is 20.0 Å². The van der Waals surface area contributed by atoms with Crippen LogP contribution in [0.5, 0.6) is 0 Å². The second kappa shape index (κ2) is 6.05. The molecule has 0 aliphatic carbocycles. The number of halogens is 3. The lowest BCUT2D eigenvalue weighted by molar-refractivity contribution is 0.102. The molecule has 7 heteroatoms. The Morgan fingerprint density at radius 3 is 2.57 bits per heavy atom. The van der Waals surface area contributed by atoms with E-state index in [4.69, 9.17) is 11.6 Å². The van der Waals surface area contributed by atoms with Gasteiger partial charge in [-0.3, -0.25) is 4.79 Å². The molecule has 0 radical (unpaired) electrons. The van der Waals surface area contributed by atoms with E-state index >= 15 is 0 Å². The Morgan fingerprint density at radius 2 is 1.95 bits per heavy atom. The van der Waals surface area contributed by atoms with Crippen molar-refractivity contribution < 1.29 is 13.6 Å². The van der Waals surface area contributed by atoms with Crippen molar-refractivity contribution in [1.82, 2.24) is 4.98 Å². The molecule has 110 valence electrons. The van der Waals surface area contributed by atoms with E-state index < -0.39 is 17.5 Å². The van der Waals surface area contributed by atoms with Gasteiger partial charge in [0.1, 0.15) is 11.6 Å². The smallest absolute Gasteiger partial charge is 0.255 e. The highest BCUT2D eigenvalue weighted by Gasteiger charge is 2.15. The number of carbonyl (C=O) groups is 1. The fourth-order valence-corrected chi connectivity index (χ4v) is 2.02. The summed E-state index contributed by atoms with van der Waals surface area (Å²) in [5.74, 6) is -1.81. The average Bonchev–Trinajstić information content (AvgIpc) is 2.41. The van der Waals surface area contributed by atoms with Gasteiger partial charge in [0.2, 0.25) is 0 Å². The van der Waals surface area contributed by atoms with E-state index in [0.29, 0.717) is 17.6 Å². The quantitative estimate of drug-likeness (QED) is 0.910. The Kier molecular flexibility index (Phi) is 4.37. The molecule has 21 heavy (non-hydrogen) atoms. The van der Waals surface area contributed by atoms with E-state index in [1.807, 2.05) is 0 Å². The van der Waals surface area contributed by atoms with Crippen molar-refractivity contribution in [1.29, 1.82) is 0 Å². The predicted octanol–water partition coefficient (Wildman–Crippen LogP) is 3.62. The molecular weight excluding hydrogens is 300 g/mol. The lowest BCUT2D eigenvalue weighted by Crippen LogP contribution is -2.14. The minimum absolute atomic E-state index is 0.208. The third-order valence-corrected chi connectivity index (χ3v) is 3.02. The fraction of sp³-hybridized carbons (Fsp3) is 0.143. The molecule has 1 amide bonds. The SMILES string of the molecule is CNc1cc(C(=O)Nc2c(F)cc(F)cc2Cl)cc(C)n1. The topological polar surface area (TPSA) is 54.0 Å². The molecule has 2 N–H and O–H groups in total. The van der Waals surface area contributed by atoms with Gasteiger partial charge in [0.05, 0.1) is 10.7 Å². The maximum atomic E-state index is 13.6. The van der Waals surface area contributed by atoms with Crippen molar-refractivity contribution in [3.63, 3.8) is 0 Å². The number of benzene rings is 1. The molecule has 0 aliphatic heterocycles. The van der Waals surface area contributed by atoms with Crippen LogP contribution in [0, 0.1) is 18.6 Å². The number of nitrogens with zero attached hydrogens (tertiary/aromatic N) is 1. The first kappa shape index (κ1) is 15.2. The summed E-state index contributed by atoms with van der Waals surface area (Å²) in [5, 5.41) is 4.94. The van der Waals surface area contributed by atoms with E-state index in [9.17, 15) is 13.6 Å². The first-order chi connectivity index (χ1) is 9.90. The summed E-state index contributed by atoms with van der Waals surface area (Å²) in [7, 11) is 1.67. The van der Waals surface area contributed by atoms with Gasteiger partial charge >= 0.3 is 0 Å². The summed E-state index contributed by atoms with van der Waals surface area (Å²) in [6.07, 6.45) is 0. The van der Waals surface area contributed by atoms with Crippen LogP contribution in [0.15, 0.2) is 24.3 Å². The van der Waals surface area contributed by atoms with Crippen molar-refractivity contribution in [3.8, 4) is 0 Å². The molecule has 2 aromatic rings. The van der Waals surface area contributed by atoms with Gasteiger partial charge in [-0.05, 0) is 25.1 Å². The Labute approximate surface area is 125 Å². The molecule has 0 unspecified atom stereocenters. The van der Waals surface area contributed by atoms with Crippen LogP contribution in [-0.2, 0) is 0 Å². The maximum absolute atomic E-state index is 13.6. The molecule has 1 aromatic heterocycles. The first-order valence-electron chi connectivity index (χ1n) is 6.03. The number of pyridine rings is 1. The van der Waals surface area contributed by atoms with Crippen LogP contribution in [-0.4, -0.2) is 17.9 Å². The third kappa shape index (κ3) is 3.46. The summed E-state index contributed by atoms with van der Waals surface area (Å²) >= 11 is 5.74. The molecule has 0 fully saturated rings. The van der Waals surface area contributed by atoms with Gasteiger partial charge in [0, 0.05) is 24.4 Å². The summed E-state index contributed by atoms with van der Waals surface area (Å²) < 4.78 is 26.6. The first-order valence-corrected chi connectivity index (χ1v) is 6.41. The highest BCUT2D eigenvalue weighted by atomic mass is 35.5. The van der Waals surface area contributed by atoms with Crippen molar-refractivity contribution in [2.75, 3.05) is 17.7 Å². The zero-order chi connectivity index (χ0) is 15.6. The molecule has 0 spiro atoms. The molecule has 0 atom stereocenters. The van der Waals surface area contributed by atoms with Crippen LogP contribution in [0.25, 0.3) is 0 Å². The van der Waals surface area contributed by atoms with Gasteiger partial charge in [-0.1, -0.05) is 11.6 Å². The fourth-order valence-electron chi connectivity index (χ4n) is 1.78. The Bertz CT molecular complexity index is 684. The molecule has 1 heterocycles. The molecule has 2 rings (SSSR count). The molecule has 0 bridgehead atoms. The minimum atomic E-state index is -0.937. The summed E-state index contributed by atoms with van der Waals surface area (Å²) in [6, 6.07) is 4.64. The van der Waals surface area contributed by atoms with Gasteiger partial charge < -0.3 is 10.6 Å². The van der Waals surface area contributed by atoms with Crippen LogP contribution in [0.1, 0.15) is 16.1 Å². The number of amides is 1. The number of anilines is 2. The zero-order valence-corrected chi connectivity index (χ0v) is 12.1. The molecule has 0 saturated carbocycles. The maximum Gasteiger partial charge on any atom is 0.255 e. The average molecular weight is 312 g/mol.